The number of hydrogen-bond acceptors (Lipinski definition) is 4. The number of nitrogens with zero attached hydrogens (tertiary/aromatic N) is 1. The Labute approximate surface area is 94.6 Å². The summed E-state index contributed by atoms with van der Waals surface area (Å²) in [7, 11) is 1.55. The molecule has 16 heavy (non-hydrogen) atoms. The third-order valence-electron chi connectivity index (χ3n) is 2.67. The third kappa shape index (κ3) is 2.72. The van der Waals surface area contributed by atoms with Crippen LogP contribution in [-0.4, -0.2) is 25.0 Å². The van der Waals surface area contributed by atoms with E-state index in [4.69, 9.17) is 9.47 Å². The number of methoxy groups -OCH3 is 1. The summed E-state index contributed by atoms with van der Waals surface area (Å²) in [5.41, 5.74) is 0.353. The Morgan fingerprint density at radius 2 is 2.31 bits per heavy atom. The van der Waals surface area contributed by atoms with Crippen LogP contribution in [0.25, 0.3) is 0 Å². The van der Waals surface area contributed by atoms with Crippen molar-refractivity contribution in [3.8, 4) is 11.5 Å². The summed E-state index contributed by atoms with van der Waals surface area (Å²) < 4.78 is 10.7. The van der Waals surface area contributed by atoms with Gasteiger partial charge in [0, 0.05) is 6.07 Å². The molecule has 86 valence electrons. The van der Waals surface area contributed by atoms with Gasteiger partial charge in [-0.25, -0.2) is 4.98 Å². The molecule has 1 aromatic heterocycles. The summed E-state index contributed by atoms with van der Waals surface area (Å²) in [6.45, 7) is 0.684. The maximum absolute atomic E-state index is 10.5. The Morgan fingerprint density at radius 3 is 2.94 bits per heavy atom. The van der Waals surface area contributed by atoms with E-state index in [0.29, 0.717) is 30.1 Å². The molecule has 1 fully saturated rings. The molecular weight excluding hydrogens is 206 g/mol. The van der Waals surface area contributed by atoms with Crippen LogP contribution in [0.2, 0.25) is 0 Å². The maximum atomic E-state index is 10.5. The number of ether oxygens (including phenoxy) is 2. The smallest absolute Gasteiger partial charge is 0.179 e. The molecule has 1 aromatic rings. The largest absolute Gasteiger partial charge is 0.493 e. The van der Waals surface area contributed by atoms with Gasteiger partial charge in [-0.2, -0.15) is 0 Å². The average molecular weight is 221 g/mol. The van der Waals surface area contributed by atoms with Crippen molar-refractivity contribution in [2.75, 3.05) is 13.7 Å². The molecule has 0 atom stereocenters. The zero-order chi connectivity index (χ0) is 11.4. The predicted molar refractivity (Wildman–Crippen MR) is 59.0 cm³/mol. The van der Waals surface area contributed by atoms with Gasteiger partial charge in [0.15, 0.2) is 17.8 Å². The first-order chi connectivity index (χ1) is 7.83. The lowest BCUT2D eigenvalue weighted by Gasteiger charge is -2.09. The van der Waals surface area contributed by atoms with Crippen LogP contribution in [0, 0.1) is 5.92 Å². The van der Waals surface area contributed by atoms with Gasteiger partial charge in [0.1, 0.15) is 5.69 Å². The number of aromatic nitrogens is 1. The van der Waals surface area contributed by atoms with Gasteiger partial charge in [0.2, 0.25) is 0 Å². The van der Waals surface area contributed by atoms with Gasteiger partial charge in [0.05, 0.1) is 19.9 Å². The highest BCUT2D eigenvalue weighted by molar-refractivity contribution is 5.73. The van der Waals surface area contributed by atoms with Gasteiger partial charge in [0.25, 0.3) is 0 Å². The first kappa shape index (κ1) is 10.9. The van der Waals surface area contributed by atoms with E-state index < -0.39 is 0 Å². The SMILES string of the molecule is COc1cc(C=O)ncc1OCCC1CC1. The number of carbonyl (C=O) groups excluding carboxylic acids is 1. The lowest BCUT2D eigenvalue weighted by molar-refractivity contribution is 0.111. The van der Waals surface area contributed by atoms with Crippen molar-refractivity contribution in [3.05, 3.63) is 18.0 Å². The zero-order valence-corrected chi connectivity index (χ0v) is 9.31. The molecule has 0 N–H and O–H groups in total. The second kappa shape index (κ2) is 4.96. The first-order valence-electron chi connectivity index (χ1n) is 5.45. The number of carbonyl (C=O) groups is 1. The minimum atomic E-state index is 0.353. The van der Waals surface area contributed by atoms with E-state index in [1.807, 2.05) is 0 Å². The summed E-state index contributed by atoms with van der Waals surface area (Å²) in [6, 6.07) is 1.58. The van der Waals surface area contributed by atoms with E-state index >= 15 is 0 Å². The highest BCUT2D eigenvalue weighted by Gasteiger charge is 2.21. The van der Waals surface area contributed by atoms with Crippen molar-refractivity contribution in [3.63, 3.8) is 0 Å². The summed E-state index contributed by atoms with van der Waals surface area (Å²) in [4.78, 5) is 14.5. The van der Waals surface area contributed by atoms with Gasteiger partial charge in [-0.05, 0) is 12.3 Å². The topological polar surface area (TPSA) is 48.4 Å². The molecule has 0 aliphatic heterocycles. The standard InChI is InChI=1S/C12H15NO3/c1-15-11-6-10(8-14)13-7-12(11)16-5-4-9-2-3-9/h6-9H,2-5H2,1H3. The van der Waals surface area contributed by atoms with E-state index in [2.05, 4.69) is 4.98 Å². The predicted octanol–water partition coefficient (Wildman–Crippen LogP) is 2.08. The summed E-state index contributed by atoms with van der Waals surface area (Å²) >= 11 is 0. The molecule has 1 heterocycles. The quantitative estimate of drug-likeness (QED) is 0.690. The Bertz CT molecular complexity index is 375. The molecule has 0 bridgehead atoms. The molecule has 1 aliphatic carbocycles. The van der Waals surface area contributed by atoms with Crippen molar-refractivity contribution in [2.24, 2.45) is 5.92 Å². The van der Waals surface area contributed by atoms with E-state index in [0.717, 1.165) is 12.3 Å². The zero-order valence-electron chi connectivity index (χ0n) is 9.31. The van der Waals surface area contributed by atoms with Crippen LogP contribution in [-0.2, 0) is 0 Å². The Balaban J connectivity index is 1.97. The molecular formula is C12H15NO3. The summed E-state index contributed by atoms with van der Waals surface area (Å²) in [6.07, 6.45) is 5.95. The molecule has 0 spiro atoms. The summed E-state index contributed by atoms with van der Waals surface area (Å²) in [5.74, 6) is 2.01. The molecule has 2 rings (SSSR count). The van der Waals surface area contributed by atoms with E-state index in [1.54, 1.807) is 13.2 Å². The van der Waals surface area contributed by atoms with Gasteiger partial charge < -0.3 is 9.47 Å². The molecule has 0 amide bonds. The van der Waals surface area contributed by atoms with Crippen molar-refractivity contribution < 1.29 is 14.3 Å². The van der Waals surface area contributed by atoms with E-state index in [1.165, 1.54) is 19.0 Å². The lowest BCUT2D eigenvalue weighted by Crippen LogP contribution is -2.01. The van der Waals surface area contributed by atoms with E-state index in [-0.39, 0.29) is 0 Å². The highest BCUT2D eigenvalue weighted by atomic mass is 16.5. The fourth-order valence-electron chi connectivity index (χ4n) is 1.51. The van der Waals surface area contributed by atoms with Crippen molar-refractivity contribution in [2.45, 2.75) is 19.3 Å². The number of hydrogen-bond donors (Lipinski definition) is 0. The van der Waals surface area contributed by atoms with Crippen molar-refractivity contribution >= 4 is 6.29 Å². The second-order valence-electron chi connectivity index (χ2n) is 3.96. The van der Waals surface area contributed by atoms with Crippen LogP contribution in [0.1, 0.15) is 29.8 Å². The van der Waals surface area contributed by atoms with Crippen molar-refractivity contribution in [1.82, 2.24) is 4.98 Å². The van der Waals surface area contributed by atoms with Crippen LogP contribution in [0.15, 0.2) is 12.3 Å². The number of rotatable bonds is 6. The third-order valence-corrected chi connectivity index (χ3v) is 2.67. The average Bonchev–Trinajstić information content (AvgIpc) is 3.13. The van der Waals surface area contributed by atoms with Crippen LogP contribution in [0.3, 0.4) is 0 Å². The monoisotopic (exact) mass is 221 g/mol. The van der Waals surface area contributed by atoms with Crippen LogP contribution < -0.4 is 9.47 Å². The van der Waals surface area contributed by atoms with Gasteiger partial charge in [-0.15, -0.1) is 0 Å². The van der Waals surface area contributed by atoms with Gasteiger partial charge >= 0.3 is 0 Å². The Kier molecular flexibility index (Phi) is 3.39. The van der Waals surface area contributed by atoms with E-state index in [9.17, 15) is 4.79 Å². The van der Waals surface area contributed by atoms with Crippen LogP contribution in [0.4, 0.5) is 0 Å². The molecule has 4 heteroatoms. The molecule has 1 aliphatic rings. The molecule has 4 nitrogen and oxygen atoms in total. The van der Waals surface area contributed by atoms with Gasteiger partial charge in [-0.3, -0.25) is 4.79 Å². The highest BCUT2D eigenvalue weighted by Crippen LogP contribution is 2.33. The molecule has 0 radical (unpaired) electrons. The Hall–Kier alpha value is -1.58. The molecule has 0 saturated heterocycles. The lowest BCUT2D eigenvalue weighted by atomic mass is 10.3. The minimum Gasteiger partial charge on any atom is -0.493 e. The summed E-state index contributed by atoms with van der Waals surface area (Å²) in [5, 5.41) is 0. The Morgan fingerprint density at radius 1 is 1.50 bits per heavy atom. The number of pyridine rings is 1. The normalized spacial score (nSPS) is 14.6. The molecule has 1 saturated carbocycles. The van der Waals surface area contributed by atoms with Crippen LogP contribution in [0.5, 0.6) is 11.5 Å². The minimum absolute atomic E-state index is 0.353. The molecule has 0 unspecified atom stereocenters. The first-order valence-corrected chi connectivity index (χ1v) is 5.45. The maximum Gasteiger partial charge on any atom is 0.179 e. The van der Waals surface area contributed by atoms with Crippen molar-refractivity contribution in [1.29, 1.82) is 0 Å². The van der Waals surface area contributed by atoms with Crippen LogP contribution >= 0.6 is 0 Å². The van der Waals surface area contributed by atoms with Gasteiger partial charge in [-0.1, -0.05) is 12.8 Å². The number of aldehydes is 1. The fraction of sp³-hybridized carbons (Fsp3) is 0.500. The molecule has 0 aromatic carbocycles. The second-order valence-corrected chi connectivity index (χ2v) is 3.96. The fourth-order valence-corrected chi connectivity index (χ4v) is 1.51.